The number of amides is 2. The number of piperazine rings is 1. The van der Waals surface area contributed by atoms with Crippen LogP contribution in [0.1, 0.15) is 17.5 Å². The van der Waals surface area contributed by atoms with Crippen molar-refractivity contribution in [3.05, 3.63) is 65.2 Å². The Morgan fingerprint density at radius 2 is 1.90 bits per heavy atom. The van der Waals surface area contributed by atoms with E-state index >= 15 is 0 Å². The van der Waals surface area contributed by atoms with Gasteiger partial charge in [0.25, 0.3) is 0 Å². The molecule has 2 aliphatic rings. The monoisotopic (exact) mass is 401 g/mol. The van der Waals surface area contributed by atoms with E-state index in [1.807, 2.05) is 0 Å². The lowest BCUT2D eigenvalue weighted by Gasteiger charge is -2.34. The van der Waals surface area contributed by atoms with Crippen LogP contribution in [0.5, 0.6) is 5.75 Å². The molecule has 8 heteroatoms. The van der Waals surface area contributed by atoms with Gasteiger partial charge in [-0.3, -0.25) is 9.59 Å². The molecular formula is C21H21F2N3O3. The first kappa shape index (κ1) is 19.3. The maximum Gasteiger partial charge on any atom is 0.246 e. The van der Waals surface area contributed by atoms with Crippen LogP contribution >= 0.6 is 0 Å². The molecule has 3 atom stereocenters. The van der Waals surface area contributed by atoms with Crippen LogP contribution in [0.2, 0.25) is 0 Å². The van der Waals surface area contributed by atoms with E-state index in [4.69, 9.17) is 0 Å². The molecule has 2 amide bonds. The van der Waals surface area contributed by atoms with E-state index in [9.17, 15) is 23.5 Å². The van der Waals surface area contributed by atoms with Gasteiger partial charge in [-0.25, -0.2) is 8.78 Å². The highest BCUT2D eigenvalue weighted by atomic mass is 19.1. The minimum atomic E-state index is -0.664. The van der Waals surface area contributed by atoms with E-state index in [1.165, 1.54) is 12.1 Å². The minimum absolute atomic E-state index is 0.113. The molecule has 0 spiro atoms. The van der Waals surface area contributed by atoms with Crippen LogP contribution in [0, 0.1) is 11.6 Å². The van der Waals surface area contributed by atoms with Gasteiger partial charge in [-0.15, -0.1) is 0 Å². The molecule has 4 rings (SSSR count). The van der Waals surface area contributed by atoms with Gasteiger partial charge in [-0.2, -0.15) is 0 Å². The number of phenolic OH excluding ortho intramolecular Hbond substituents is 1. The SMILES string of the molecule is O=C1N[C@H](Cc2ccc(O)cc2)C(=O)N2C[C@@H](NCc3cc(F)ccc3F)C[C@@H]12. The van der Waals surface area contributed by atoms with Crippen molar-refractivity contribution in [2.45, 2.75) is 37.5 Å². The van der Waals surface area contributed by atoms with Crippen molar-refractivity contribution in [1.29, 1.82) is 0 Å². The van der Waals surface area contributed by atoms with Crippen LogP contribution < -0.4 is 10.6 Å². The minimum Gasteiger partial charge on any atom is -0.508 e. The van der Waals surface area contributed by atoms with Crippen molar-refractivity contribution in [1.82, 2.24) is 15.5 Å². The molecule has 3 N–H and O–H groups in total. The maximum atomic E-state index is 13.8. The summed E-state index contributed by atoms with van der Waals surface area (Å²) in [5, 5.41) is 15.3. The summed E-state index contributed by atoms with van der Waals surface area (Å²) >= 11 is 0. The highest BCUT2D eigenvalue weighted by molar-refractivity contribution is 5.97. The molecule has 2 aliphatic heterocycles. The number of carbonyl (C=O) groups is 2. The highest BCUT2D eigenvalue weighted by Crippen LogP contribution is 2.25. The van der Waals surface area contributed by atoms with E-state index in [-0.39, 0.29) is 35.7 Å². The standard InChI is InChI=1S/C21H21F2N3O3/c22-14-3-6-17(23)13(8-14)10-24-15-9-19-20(28)25-18(21(29)26(19)11-15)7-12-1-4-16(27)5-2-12/h1-6,8,15,18-19,24,27H,7,9-11H2,(H,25,28)/t15-,18+,19-/m0/s1. The number of halogens is 2. The van der Waals surface area contributed by atoms with E-state index in [0.29, 0.717) is 19.4 Å². The molecule has 0 saturated carbocycles. The quantitative estimate of drug-likeness (QED) is 0.709. The van der Waals surface area contributed by atoms with Crippen molar-refractivity contribution in [2.75, 3.05) is 6.54 Å². The Morgan fingerprint density at radius 1 is 1.14 bits per heavy atom. The Hall–Kier alpha value is -3.00. The summed E-state index contributed by atoms with van der Waals surface area (Å²) < 4.78 is 27.1. The van der Waals surface area contributed by atoms with Gasteiger partial charge in [0.05, 0.1) is 0 Å². The molecule has 0 aromatic heterocycles. The predicted molar refractivity (Wildman–Crippen MR) is 101 cm³/mol. The van der Waals surface area contributed by atoms with Gasteiger partial charge in [-0.05, 0) is 42.3 Å². The molecule has 2 fully saturated rings. The first-order valence-electron chi connectivity index (χ1n) is 9.47. The van der Waals surface area contributed by atoms with Crippen LogP contribution in [-0.2, 0) is 22.6 Å². The number of phenols is 1. The van der Waals surface area contributed by atoms with Gasteiger partial charge in [0.15, 0.2) is 0 Å². The largest absolute Gasteiger partial charge is 0.508 e. The lowest BCUT2D eigenvalue weighted by atomic mass is 10.0. The number of rotatable bonds is 5. The third kappa shape index (κ3) is 4.07. The van der Waals surface area contributed by atoms with E-state index in [0.717, 1.165) is 23.8 Å². The zero-order chi connectivity index (χ0) is 20.5. The molecule has 0 aliphatic carbocycles. The lowest BCUT2D eigenvalue weighted by molar-refractivity contribution is -0.147. The van der Waals surface area contributed by atoms with Crippen molar-refractivity contribution in [2.24, 2.45) is 0 Å². The smallest absolute Gasteiger partial charge is 0.246 e. The van der Waals surface area contributed by atoms with Gasteiger partial charge in [0.2, 0.25) is 11.8 Å². The number of nitrogens with one attached hydrogen (secondary N) is 2. The summed E-state index contributed by atoms with van der Waals surface area (Å²) in [5.74, 6) is -1.26. The summed E-state index contributed by atoms with van der Waals surface area (Å²) in [6.45, 7) is 0.446. The Labute approximate surface area is 166 Å². The zero-order valence-corrected chi connectivity index (χ0v) is 15.6. The summed E-state index contributed by atoms with van der Waals surface area (Å²) in [4.78, 5) is 26.9. The van der Waals surface area contributed by atoms with Gasteiger partial charge < -0.3 is 20.6 Å². The second-order valence-corrected chi connectivity index (χ2v) is 7.49. The third-order valence-electron chi connectivity index (χ3n) is 5.47. The van der Waals surface area contributed by atoms with Crippen LogP contribution in [0.4, 0.5) is 8.78 Å². The van der Waals surface area contributed by atoms with Crippen LogP contribution in [0.25, 0.3) is 0 Å². The van der Waals surface area contributed by atoms with E-state index in [1.54, 1.807) is 17.0 Å². The molecule has 2 aromatic carbocycles. The van der Waals surface area contributed by atoms with Gasteiger partial charge in [0, 0.05) is 31.1 Å². The molecule has 2 aromatic rings. The first-order chi connectivity index (χ1) is 13.9. The van der Waals surface area contributed by atoms with Crippen molar-refractivity contribution in [3.8, 4) is 5.75 Å². The topological polar surface area (TPSA) is 81.7 Å². The van der Waals surface area contributed by atoms with E-state index < -0.39 is 23.7 Å². The second-order valence-electron chi connectivity index (χ2n) is 7.49. The number of fused-ring (bicyclic) bond motifs is 1. The Balaban J connectivity index is 1.40. The third-order valence-corrected chi connectivity index (χ3v) is 5.47. The second kappa shape index (κ2) is 7.79. The van der Waals surface area contributed by atoms with Crippen LogP contribution in [0.15, 0.2) is 42.5 Å². The van der Waals surface area contributed by atoms with Gasteiger partial charge in [0.1, 0.15) is 29.5 Å². The number of hydrogen-bond acceptors (Lipinski definition) is 4. The molecule has 2 saturated heterocycles. The summed E-state index contributed by atoms with van der Waals surface area (Å²) in [6.07, 6.45) is 0.751. The van der Waals surface area contributed by atoms with Crippen LogP contribution in [0.3, 0.4) is 0 Å². The fraction of sp³-hybridized carbons (Fsp3) is 0.333. The van der Waals surface area contributed by atoms with Gasteiger partial charge in [-0.1, -0.05) is 12.1 Å². The van der Waals surface area contributed by atoms with Crippen molar-refractivity contribution in [3.63, 3.8) is 0 Å². The zero-order valence-electron chi connectivity index (χ0n) is 15.6. The van der Waals surface area contributed by atoms with Crippen molar-refractivity contribution < 1.29 is 23.5 Å². The molecule has 6 nitrogen and oxygen atoms in total. The Kier molecular flexibility index (Phi) is 5.19. The Bertz CT molecular complexity index is 935. The van der Waals surface area contributed by atoms with E-state index in [2.05, 4.69) is 10.6 Å². The summed E-state index contributed by atoms with van der Waals surface area (Å²) in [6, 6.07) is 8.35. The van der Waals surface area contributed by atoms with Gasteiger partial charge >= 0.3 is 0 Å². The van der Waals surface area contributed by atoms with Crippen LogP contribution in [-0.4, -0.2) is 46.5 Å². The first-order valence-corrected chi connectivity index (χ1v) is 9.47. The van der Waals surface area contributed by atoms with Crippen molar-refractivity contribution >= 4 is 11.8 Å². The summed E-state index contributed by atoms with van der Waals surface area (Å²) in [7, 11) is 0. The predicted octanol–water partition coefficient (Wildman–Crippen LogP) is 1.47. The highest BCUT2D eigenvalue weighted by Gasteiger charge is 2.46. The summed E-state index contributed by atoms with van der Waals surface area (Å²) in [5.41, 5.74) is 1.03. The molecule has 29 heavy (non-hydrogen) atoms. The number of benzene rings is 2. The molecule has 2 heterocycles. The molecular weight excluding hydrogens is 380 g/mol. The normalized spacial score (nSPS) is 23.8. The number of aromatic hydroxyl groups is 1. The fourth-order valence-electron chi connectivity index (χ4n) is 3.94. The molecule has 152 valence electrons. The number of hydrogen-bond donors (Lipinski definition) is 3. The Morgan fingerprint density at radius 3 is 2.66 bits per heavy atom. The number of carbonyl (C=O) groups excluding carboxylic acids is 2. The molecule has 0 unspecified atom stereocenters. The average molecular weight is 401 g/mol. The molecule has 0 bridgehead atoms. The average Bonchev–Trinajstić information content (AvgIpc) is 3.13. The number of nitrogens with zero attached hydrogens (tertiary/aromatic N) is 1. The maximum absolute atomic E-state index is 13.8. The molecule has 0 radical (unpaired) electrons. The lowest BCUT2D eigenvalue weighted by Crippen LogP contribution is -2.61. The fourth-order valence-corrected chi connectivity index (χ4v) is 3.94.